The fourth-order valence-electron chi connectivity index (χ4n) is 3.55. The van der Waals surface area contributed by atoms with Crippen molar-refractivity contribution in [2.24, 2.45) is 16.1 Å². The summed E-state index contributed by atoms with van der Waals surface area (Å²) < 4.78 is 11.2. The van der Waals surface area contributed by atoms with Crippen molar-refractivity contribution in [1.82, 2.24) is 4.90 Å². The molecule has 5 heteroatoms. The Morgan fingerprint density at radius 1 is 1.30 bits per heavy atom. The Labute approximate surface area is 122 Å². The molecular formula is C15H29N3O2. The average molecular weight is 283 g/mol. The molecule has 0 radical (unpaired) electrons. The fourth-order valence-corrected chi connectivity index (χ4v) is 3.55. The third-order valence-corrected chi connectivity index (χ3v) is 5.05. The molecule has 2 unspecified atom stereocenters. The summed E-state index contributed by atoms with van der Waals surface area (Å²) in [7, 11) is 0. The predicted octanol–water partition coefficient (Wildman–Crippen LogP) is 1.62. The van der Waals surface area contributed by atoms with Crippen LogP contribution in [-0.2, 0) is 9.47 Å². The topological polar surface area (TPSA) is 60.1 Å². The van der Waals surface area contributed by atoms with Crippen molar-refractivity contribution in [3.05, 3.63) is 0 Å². The van der Waals surface area contributed by atoms with Gasteiger partial charge < -0.3 is 20.1 Å². The molecule has 20 heavy (non-hydrogen) atoms. The number of hydrogen-bond donors (Lipinski definition) is 1. The average Bonchev–Trinajstić information content (AvgIpc) is 2.48. The lowest BCUT2D eigenvalue weighted by Crippen LogP contribution is -2.58. The van der Waals surface area contributed by atoms with Gasteiger partial charge in [0.1, 0.15) is 0 Å². The molecule has 116 valence electrons. The van der Waals surface area contributed by atoms with Gasteiger partial charge in [0.2, 0.25) is 0 Å². The molecule has 0 bridgehead atoms. The second-order valence-electron chi connectivity index (χ2n) is 5.72. The first kappa shape index (κ1) is 15.6. The van der Waals surface area contributed by atoms with Gasteiger partial charge in [0.25, 0.3) is 0 Å². The van der Waals surface area contributed by atoms with Crippen molar-refractivity contribution >= 4 is 5.96 Å². The van der Waals surface area contributed by atoms with Crippen LogP contribution in [0, 0.1) is 5.41 Å². The lowest BCUT2D eigenvalue weighted by Gasteiger charge is -2.53. The van der Waals surface area contributed by atoms with Crippen molar-refractivity contribution in [3.63, 3.8) is 0 Å². The predicted molar refractivity (Wildman–Crippen MR) is 80.8 cm³/mol. The summed E-state index contributed by atoms with van der Waals surface area (Å²) in [5, 5.41) is 0. The van der Waals surface area contributed by atoms with Gasteiger partial charge in [-0.1, -0.05) is 13.8 Å². The first-order valence-electron chi connectivity index (χ1n) is 7.95. The van der Waals surface area contributed by atoms with Crippen LogP contribution in [0.15, 0.2) is 4.99 Å². The van der Waals surface area contributed by atoms with Gasteiger partial charge in [-0.05, 0) is 26.2 Å². The number of nitrogens with zero attached hydrogens (tertiary/aromatic N) is 2. The highest BCUT2D eigenvalue weighted by Crippen LogP contribution is 2.50. The third kappa shape index (κ3) is 2.79. The van der Waals surface area contributed by atoms with E-state index in [-0.39, 0.29) is 5.41 Å². The van der Waals surface area contributed by atoms with Gasteiger partial charge in [-0.15, -0.1) is 0 Å². The van der Waals surface area contributed by atoms with Crippen molar-refractivity contribution in [1.29, 1.82) is 0 Å². The minimum absolute atomic E-state index is 0.174. The molecule has 1 heterocycles. The van der Waals surface area contributed by atoms with Crippen LogP contribution in [0.4, 0.5) is 0 Å². The quantitative estimate of drug-likeness (QED) is 0.615. The molecule has 1 saturated carbocycles. The van der Waals surface area contributed by atoms with Gasteiger partial charge >= 0.3 is 0 Å². The first-order chi connectivity index (χ1) is 9.67. The second-order valence-corrected chi connectivity index (χ2v) is 5.72. The van der Waals surface area contributed by atoms with E-state index in [0.29, 0.717) is 18.1 Å². The van der Waals surface area contributed by atoms with Crippen LogP contribution in [-0.4, -0.2) is 55.9 Å². The summed E-state index contributed by atoms with van der Waals surface area (Å²) in [4.78, 5) is 6.95. The van der Waals surface area contributed by atoms with Crippen LogP contribution in [0.1, 0.15) is 40.0 Å². The summed E-state index contributed by atoms with van der Waals surface area (Å²) in [6.07, 6.45) is 3.53. The first-order valence-corrected chi connectivity index (χ1v) is 7.95. The highest BCUT2D eigenvalue weighted by molar-refractivity contribution is 5.78. The van der Waals surface area contributed by atoms with Crippen molar-refractivity contribution < 1.29 is 9.47 Å². The largest absolute Gasteiger partial charge is 0.378 e. The Hall–Kier alpha value is -0.810. The highest BCUT2D eigenvalue weighted by Gasteiger charge is 2.53. The molecular weight excluding hydrogens is 254 g/mol. The molecule has 2 aliphatic rings. The van der Waals surface area contributed by atoms with Crippen molar-refractivity contribution in [2.45, 2.75) is 52.2 Å². The van der Waals surface area contributed by atoms with E-state index < -0.39 is 0 Å². The molecule has 0 amide bonds. The monoisotopic (exact) mass is 283 g/mol. The maximum atomic E-state index is 6.19. The van der Waals surface area contributed by atoms with Crippen LogP contribution >= 0.6 is 0 Å². The van der Waals surface area contributed by atoms with Crippen molar-refractivity contribution in [2.75, 3.05) is 32.9 Å². The SMILES string of the molecule is CCOC1CC(N=C(N)N2CCOCC2)C1(CC)CC. The van der Waals surface area contributed by atoms with E-state index >= 15 is 0 Å². The molecule has 0 aromatic heterocycles. The second kappa shape index (κ2) is 6.76. The third-order valence-electron chi connectivity index (χ3n) is 5.05. The molecule has 0 spiro atoms. The molecule has 1 aliphatic carbocycles. The van der Waals surface area contributed by atoms with Gasteiger partial charge in [-0.2, -0.15) is 0 Å². The van der Waals surface area contributed by atoms with Crippen molar-refractivity contribution in [3.8, 4) is 0 Å². The van der Waals surface area contributed by atoms with Crippen LogP contribution in [0.2, 0.25) is 0 Å². The maximum Gasteiger partial charge on any atom is 0.191 e. The molecule has 2 rings (SSSR count). The zero-order valence-corrected chi connectivity index (χ0v) is 13.1. The van der Waals surface area contributed by atoms with E-state index in [1.807, 2.05) is 0 Å². The van der Waals surface area contributed by atoms with Crippen LogP contribution in [0.25, 0.3) is 0 Å². The van der Waals surface area contributed by atoms with E-state index in [1.165, 1.54) is 0 Å². The summed E-state index contributed by atoms with van der Waals surface area (Å²) in [5.74, 6) is 0.680. The maximum absolute atomic E-state index is 6.19. The molecule has 2 N–H and O–H groups in total. The number of morpholine rings is 1. The number of hydrogen-bond acceptors (Lipinski definition) is 3. The fraction of sp³-hybridized carbons (Fsp3) is 0.933. The van der Waals surface area contributed by atoms with Gasteiger partial charge in [-0.25, -0.2) is 4.99 Å². The number of aliphatic imine (C=N–C) groups is 1. The molecule has 2 atom stereocenters. The number of rotatable bonds is 5. The minimum Gasteiger partial charge on any atom is -0.378 e. The Morgan fingerprint density at radius 2 is 1.95 bits per heavy atom. The number of guanidine groups is 1. The van der Waals surface area contributed by atoms with Gasteiger partial charge in [0.15, 0.2) is 5.96 Å². The van der Waals surface area contributed by atoms with Crippen LogP contribution in [0.5, 0.6) is 0 Å². The van der Waals surface area contributed by atoms with Gasteiger partial charge in [0.05, 0.1) is 25.4 Å². The summed E-state index contributed by atoms with van der Waals surface area (Å²) in [6.45, 7) is 10.5. The lowest BCUT2D eigenvalue weighted by atomic mass is 9.59. The lowest BCUT2D eigenvalue weighted by molar-refractivity contribution is -0.127. The molecule has 0 aromatic carbocycles. The summed E-state index contributed by atoms with van der Waals surface area (Å²) in [5.41, 5.74) is 6.36. The zero-order valence-electron chi connectivity index (χ0n) is 13.1. The molecule has 1 saturated heterocycles. The summed E-state index contributed by atoms with van der Waals surface area (Å²) >= 11 is 0. The normalized spacial score (nSPS) is 30.1. The van der Waals surface area contributed by atoms with E-state index in [4.69, 9.17) is 20.2 Å². The Kier molecular flexibility index (Phi) is 5.27. The standard InChI is InChI=1S/C15H29N3O2/c1-4-15(5-2)12(11-13(15)20-6-3)17-14(16)18-7-9-19-10-8-18/h12-13H,4-11H2,1-3H3,(H2,16,17). The van der Waals surface area contributed by atoms with E-state index in [2.05, 4.69) is 25.7 Å². The molecule has 0 aromatic rings. The van der Waals surface area contributed by atoms with Gasteiger partial charge in [-0.3, -0.25) is 0 Å². The smallest absolute Gasteiger partial charge is 0.191 e. The summed E-state index contributed by atoms with van der Waals surface area (Å²) in [6, 6.07) is 0.303. The highest BCUT2D eigenvalue weighted by atomic mass is 16.5. The zero-order chi connectivity index (χ0) is 14.6. The van der Waals surface area contributed by atoms with E-state index in [9.17, 15) is 0 Å². The molecule has 5 nitrogen and oxygen atoms in total. The number of ether oxygens (including phenoxy) is 2. The molecule has 1 aliphatic heterocycles. The van der Waals surface area contributed by atoms with E-state index in [0.717, 1.165) is 52.2 Å². The van der Waals surface area contributed by atoms with Gasteiger partial charge in [0, 0.05) is 25.1 Å². The van der Waals surface area contributed by atoms with Crippen LogP contribution < -0.4 is 5.73 Å². The number of nitrogens with two attached hydrogens (primary N) is 1. The Bertz CT molecular complexity index is 336. The Morgan fingerprint density at radius 3 is 2.50 bits per heavy atom. The molecule has 2 fully saturated rings. The minimum atomic E-state index is 0.174. The van der Waals surface area contributed by atoms with Crippen LogP contribution in [0.3, 0.4) is 0 Å². The Balaban J connectivity index is 2.04. The van der Waals surface area contributed by atoms with E-state index in [1.54, 1.807) is 0 Å².